The summed E-state index contributed by atoms with van der Waals surface area (Å²) in [6, 6.07) is 16.5. The highest BCUT2D eigenvalue weighted by Crippen LogP contribution is 2.50. The van der Waals surface area contributed by atoms with Crippen LogP contribution in [0, 0.1) is 6.92 Å². The van der Waals surface area contributed by atoms with Crippen molar-refractivity contribution < 1.29 is 0 Å². The van der Waals surface area contributed by atoms with E-state index in [1.54, 1.807) is 0 Å². The second-order valence-corrected chi connectivity index (χ2v) is 16.7. The van der Waals surface area contributed by atoms with Crippen LogP contribution < -0.4 is 0 Å². The van der Waals surface area contributed by atoms with E-state index in [1.807, 2.05) is 56.7 Å². The van der Waals surface area contributed by atoms with Gasteiger partial charge in [-0.1, -0.05) is 49.0 Å². The zero-order valence-electron chi connectivity index (χ0n) is 20.6. The highest BCUT2D eigenvalue weighted by molar-refractivity contribution is 7.32. The van der Waals surface area contributed by atoms with Crippen molar-refractivity contribution in [2.75, 3.05) is 0 Å². The Morgan fingerprint density at radius 2 is 1.06 bits per heavy atom. The van der Waals surface area contributed by atoms with Gasteiger partial charge in [0.15, 0.2) is 0 Å². The zero-order valence-corrected chi connectivity index (χ0v) is 24.7. The molecule has 0 aliphatic rings. The van der Waals surface area contributed by atoms with Crippen LogP contribution in [0.15, 0.2) is 42.5 Å². The fraction of sp³-hybridized carbons (Fsp3) is 0.333. The van der Waals surface area contributed by atoms with Crippen LogP contribution in [0.25, 0.3) is 49.8 Å². The Hall–Kier alpha value is -1.50. The van der Waals surface area contributed by atoms with Crippen molar-refractivity contribution in [3.63, 3.8) is 0 Å². The molecule has 0 spiro atoms. The van der Waals surface area contributed by atoms with E-state index >= 15 is 0 Å². The van der Waals surface area contributed by atoms with Crippen molar-refractivity contribution in [2.24, 2.45) is 0 Å². The Kier molecular flexibility index (Phi) is 6.13. The highest BCUT2D eigenvalue weighted by atomic mass is 32.1. The van der Waals surface area contributed by atoms with Gasteiger partial charge in [-0.2, -0.15) is 0 Å². The zero-order chi connectivity index (χ0) is 24.0. The second kappa shape index (κ2) is 8.53. The number of hydrogen-bond acceptors (Lipinski definition) is 5. The van der Waals surface area contributed by atoms with Crippen LogP contribution in [0.1, 0.15) is 63.6 Å². The first-order valence-corrected chi connectivity index (χ1v) is 15.7. The summed E-state index contributed by atoms with van der Waals surface area (Å²) in [6.07, 6.45) is 0. The maximum absolute atomic E-state index is 2.46. The molecule has 5 aromatic heterocycles. The van der Waals surface area contributed by atoms with E-state index in [0.29, 0.717) is 0 Å². The highest BCUT2D eigenvalue weighted by Gasteiger charge is 2.23. The van der Waals surface area contributed by atoms with Crippen LogP contribution in [-0.4, -0.2) is 0 Å². The minimum atomic E-state index is 0. The van der Waals surface area contributed by atoms with Crippen molar-refractivity contribution in [3.05, 3.63) is 57.1 Å². The summed E-state index contributed by atoms with van der Waals surface area (Å²) in [7, 11) is 0. The molecular formula is C30H32S5. The number of hydrogen-bond donors (Lipinski definition) is 0. The smallest absolute Gasteiger partial charge is 0.0539 e. The van der Waals surface area contributed by atoms with Gasteiger partial charge in [-0.25, -0.2) is 0 Å². The molecule has 0 atom stereocenters. The molecule has 6 rings (SSSR count). The SMILES string of the molecule is C.Cc1cc2c3cc(-c4ccc(-c5ccc(C(C)(C)C)s5)s4)sc3c3sc(C(C)(C)C)cc3c2s1. The Morgan fingerprint density at radius 1 is 0.486 bits per heavy atom. The lowest BCUT2D eigenvalue weighted by atomic mass is 9.94. The number of rotatable bonds is 2. The number of aryl methyl sites for hydroxylation is 1. The van der Waals surface area contributed by atoms with E-state index < -0.39 is 0 Å². The first-order chi connectivity index (χ1) is 16.0. The fourth-order valence-electron chi connectivity index (χ4n) is 4.37. The summed E-state index contributed by atoms with van der Waals surface area (Å²) in [6.45, 7) is 16.1. The molecule has 35 heavy (non-hydrogen) atoms. The minimum absolute atomic E-state index is 0. The molecule has 0 fully saturated rings. The van der Waals surface area contributed by atoms with Gasteiger partial charge in [0.1, 0.15) is 0 Å². The maximum atomic E-state index is 2.46. The van der Waals surface area contributed by atoms with E-state index in [1.165, 1.54) is 64.4 Å². The summed E-state index contributed by atoms with van der Waals surface area (Å²) in [4.78, 5) is 9.84. The van der Waals surface area contributed by atoms with Crippen LogP contribution in [0.4, 0.5) is 0 Å². The summed E-state index contributed by atoms with van der Waals surface area (Å²) in [5, 5.41) is 4.30. The van der Waals surface area contributed by atoms with Crippen LogP contribution in [0.2, 0.25) is 0 Å². The van der Waals surface area contributed by atoms with Gasteiger partial charge in [0.2, 0.25) is 0 Å². The molecule has 0 aliphatic carbocycles. The molecule has 0 bridgehead atoms. The van der Waals surface area contributed by atoms with E-state index in [2.05, 4.69) is 90.9 Å². The first kappa shape index (κ1) is 25.2. The van der Waals surface area contributed by atoms with Crippen LogP contribution in [0.3, 0.4) is 0 Å². The molecule has 0 saturated carbocycles. The predicted molar refractivity (Wildman–Crippen MR) is 168 cm³/mol. The van der Waals surface area contributed by atoms with E-state index in [0.717, 1.165) is 0 Å². The van der Waals surface area contributed by atoms with Crippen molar-refractivity contribution in [2.45, 2.75) is 66.7 Å². The van der Waals surface area contributed by atoms with Gasteiger partial charge in [0.05, 0.1) is 9.40 Å². The molecule has 0 saturated heterocycles. The first-order valence-electron chi connectivity index (χ1n) is 11.6. The summed E-state index contributed by atoms with van der Waals surface area (Å²) < 4.78 is 4.38. The molecule has 1 aromatic carbocycles. The third kappa shape index (κ3) is 4.23. The molecule has 0 unspecified atom stereocenters. The lowest BCUT2D eigenvalue weighted by molar-refractivity contribution is 0.604. The van der Waals surface area contributed by atoms with Crippen molar-refractivity contribution in [1.82, 2.24) is 0 Å². The Balaban J connectivity index is 0.00000253. The third-order valence-corrected chi connectivity index (χ3v) is 13.2. The monoisotopic (exact) mass is 552 g/mol. The Morgan fingerprint density at radius 3 is 1.71 bits per heavy atom. The van der Waals surface area contributed by atoms with E-state index in [-0.39, 0.29) is 18.3 Å². The van der Waals surface area contributed by atoms with Gasteiger partial charge in [-0.3, -0.25) is 0 Å². The van der Waals surface area contributed by atoms with Gasteiger partial charge in [-0.15, -0.1) is 56.7 Å². The molecular weight excluding hydrogens is 521 g/mol. The molecule has 5 heterocycles. The molecule has 0 N–H and O–H groups in total. The predicted octanol–water partition coefficient (Wildman–Crippen LogP) is 12.3. The number of fused-ring (bicyclic) bond motifs is 6. The van der Waals surface area contributed by atoms with Crippen LogP contribution in [-0.2, 0) is 10.8 Å². The fourth-order valence-corrected chi connectivity index (χ4v) is 10.3. The third-order valence-electron chi connectivity index (χ3n) is 6.24. The quantitative estimate of drug-likeness (QED) is 0.200. The van der Waals surface area contributed by atoms with Crippen molar-refractivity contribution >= 4 is 86.9 Å². The van der Waals surface area contributed by atoms with Crippen molar-refractivity contribution in [1.29, 1.82) is 0 Å². The molecule has 0 amide bonds. The van der Waals surface area contributed by atoms with Gasteiger partial charge in [0, 0.05) is 55.0 Å². The van der Waals surface area contributed by atoms with Gasteiger partial charge < -0.3 is 0 Å². The van der Waals surface area contributed by atoms with Gasteiger partial charge >= 0.3 is 0 Å². The summed E-state index contributed by atoms with van der Waals surface area (Å²) in [5.74, 6) is 0. The van der Waals surface area contributed by atoms with Gasteiger partial charge in [-0.05, 0) is 60.2 Å². The molecule has 0 radical (unpaired) electrons. The largest absolute Gasteiger partial charge is 0.140 e. The maximum Gasteiger partial charge on any atom is 0.0539 e. The van der Waals surface area contributed by atoms with E-state index in [9.17, 15) is 0 Å². The minimum Gasteiger partial charge on any atom is -0.140 e. The molecule has 0 nitrogen and oxygen atoms in total. The molecule has 5 heteroatoms. The normalized spacial score (nSPS) is 12.8. The average molecular weight is 553 g/mol. The van der Waals surface area contributed by atoms with Crippen molar-refractivity contribution in [3.8, 4) is 19.5 Å². The molecule has 6 aromatic rings. The lowest BCUT2D eigenvalue weighted by Gasteiger charge is -2.15. The van der Waals surface area contributed by atoms with E-state index in [4.69, 9.17) is 0 Å². The summed E-state index contributed by atoms with van der Waals surface area (Å²) >= 11 is 9.78. The standard InChI is InChI=1S/C29H28S5.CH4/c1-15-12-16-17-13-22(21-9-8-19(31-21)20-10-11-23(32-20)28(2,3)4)33-26(17)27-18(25(16)30-15)14-24(34-27)29(5,6)7;/h8-14H,1-7H3;1H4. The topological polar surface area (TPSA) is 0 Å². The van der Waals surface area contributed by atoms with Crippen LogP contribution in [0.5, 0.6) is 0 Å². The summed E-state index contributed by atoms with van der Waals surface area (Å²) in [5.41, 5.74) is 0.376. The molecule has 182 valence electrons. The Labute approximate surface area is 228 Å². The molecule has 0 aliphatic heterocycles. The second-order valence-electron chi connectivity index (χ2n) is 11.1. The van der Waals surface area contributed by atoms with Gasteiger partial charge in [0.25, 0.3) is 0 Å². The number of benzene rings is 1. The lowest BCUT2D eigenvalue weighted by Crippen LogP contribution is -2.07. The Bertz CT molecular complexity index is 1680. The number of thiophene rings is 5. The average Bonchev–Trinajstić information content (AvgIpc) is 3.53. The van der Waals surface area contributed by atoms with Crippen LogP contribution >= 0.6 is 56.7 Å².